The zero-order chi connectivity index (χ0) is 24.8. The standard InChI is InChI=1S/C29H28N.BF4/c1-2-3-20-30-28(24-15-8-5-9-16-24)21-27(22-12-6-4-7-13-22)26-19-18-23-14-10-11-17-25(23)29(26)30;2-1(3,4)5/h4-17,21H,2-3,18-20H2,1H3;/q+1;-1. The maximum Gasteiger partial charge on any atom is 0.673 e. The molecule has 0 unspecified atom stereocenters. The molecule has 0 aliphatic heterocycles. The lowest BCUT2D eigenvalue weighted by molar-refractivity contribution is -0.676. The van der Waals surface area contributed by atoms with Gasteiger partial charge >= 0.3 is 7.25 Å². The minimum Gasteiger partial charge on any atom is -0.418 e. The summed E-state index contributed by atoms with van der Waals surface area (Å²) in [6, 6.07) is 33.2. The van der Waals surface area contributed by atoms with Crippen LogP contribution in [-0.4, -0.2) is 7.25 Å². The first-order valence-electron chi connectivity index (χ1n) is 12.0. The fourth-order valence-electron chi connectivity index (χ4n) is 4.77. The molecule has 1 nitrogen and oxygen atoms in total. The fraction of sp³-hybridized carbons (Fsp3) is 0.207. The van der Waals surface area contributed by atoms with Gasteiger partial charge in [0.05, 0.1) is 0 Å². The molecule has 1 aliphatic carbocycles. The van der Waals surface area contributed by atoms with Gasteiger partial charge < -0.3 is 17.3 Å². The highest BCUT2D eigenvalue weighted by Gasteiger charge is 2.31. The van der Waals surface area contributed by atoms with Crippen molar-refractivity contribution in [2.75, 3.05) is 0 Å². The van der Waals surface area contributed by atoms with Gasteiger partial charge in [0.1, 0.15) is 6.54 Å². The van der Waals surface area contributed by atoms with E-state index in [1.54, 1.807) is 0 Å². The van der Waals surface area contributed by atoms with E-state index >= 15 is 0 Å². The van der Waals surface area contributed by atoms with E-state index in [2.05, 4.69) is 102 Å². The monoisotopic (exact) mass is 477 g/mol. The van der Waals surface area contributed by atoms with Gasteiger partial charge in [0, 0.05) is 29.2 Å². The predicted molar refractivity (Wildman–Crippen MR) is 135 cm³/mol. The average Bonchev–Trinajstić information content (AvgIpc) is 2.86. The summed E-state index contributed by atoms with van der Waals surface area (Å²) in [7, 11) is -6.00. The van der Waals surface area contributed by atoms with Gasteiger partial charge in [0.2, 0.25) is 11.4 Å². The molecule has 180 valence electrons. The highest BCUT2D eigenvalue weighted by molar-refractivity contribution is 6.50. The topological polar surface area (TPSA) is 3.88 Å². The molecule has 0 bridgehead atoms. The number of aromatic nitrogens is 1. The molecule has 0 radical (unpaired) electrons. The summed E-state index contributed by atoms with van der Waals surface area (Å²) < 4.78 is 41.6. The van der Waals surface area contributed by atoms with E-state index in [1.807, 2.05) is 0 Å². The molecule has 4 aromatic rings. The quantitative estimate of drug-likeness (QED) is 0.155. The first-order valence-corrected chi connectivity index (χ1v) is 12.0. The first kappa shape index (κ1) is 24.7. The van der Waals surface area contributed by atoms with Crippen molar-refractivity contribution in [2.45, 2.75) is 39.2 Å². The molecule has 0 spiro atoms. The van der Waals surface area contributed by atoms with Crippen molar-refractivity contribution in [1.82, 2.24) is 0 Å². The van der Waals surface area contributed by atoms with Crippen LogP contribution in [0.4, 0.5) is 17.3 Å². The number of pyridine rings is 1. The van der Waals surface area contributed by atoms with Crippen LogP contribution >= 0.6 is 0 Å². The van der Waals surface area contributed by atoms with Crippen LogP contribution in [0.5, 0.6) is 0 Å². The molecule has 1 heterocycles. The molecular weight excluding hydrogens is 449 g/mol. The van der Waals surface area contributed by atoms with Crippen molar-refractivity contribution in [1.29, 1.82) is 0 Å². The lowest BCUT2D eigenvalue weighted by Crippen LogP contribution is -2.41. The second kappa shape index (κ2) is 10.9. The predicted octanol–water partition coefficient (Wildman–Crippen LogP) is 8.17. The van der Waals surface area contributed by atoms with E-state index < -0.39 is 7.25 Å². The Labute approximate surface area is 204 Å². The van der Waals surface area contributed by atoms with E-state index in [4.69, 9.17) is 0 Å². The van der Waals surface area contributed by atoms with Gasteiger partial charge in [-0.25, -0.2) is 0 Å². The summed E-state index contributed by atoms with van der Waals surface area (Å²) >= 11 is 0. The second-order valence-corrected chi connectivity index (χ2v) is 8.66. The molecule has 0 N–H and O–H groups in total. The number of aryl methyl sites for hydroxylation is 1. The van der Waals surface area contributed by atoms with Gasteiger partial charge in [-0.15, -0.1) is 0 Å². The number of halogens is 4. The third-order valence-corrected chi connectivity index (χ3v) is 6.26. The minimum absolute atomic E-state index is 1.05. The molecule has 3 aromatic carbocycles. The Kier molecular flexibility index (Phi) is 7.69. The van der Waals surface area contributed by atoms with E-state index in [0.29, 0.717) is 0 Å². The van der Waals surface area contributed by atoms with Crippen LogP contribution in [0.25, 0.3) is 33.6 Å². The Bertz CT molecular complexity index is 1270. The van der Waals surface area contributed by atoms with Crippen molar-refractivity contribution < 1.29 is 21.8 Å². The third-order valence-electron chi connectivity index (χ3n) is 6.26. The molecule has 1 aliphatic rings. The smallest absolute Gasteiger partial charge is 0.418 e. The van der Waals surface area contributed by atoms with E-state index in [-0.39, 0.29) is 0 Å². The van der Waals surface area contributed by atoms with Gasteiger partial charge in [-0.2, -0.15) is 4.57 Å². The van der Waals surface area contributed by atoms with E-state index in [9.17, 15) is 17.3 Å². The molecule has 0 atom stereocenters. The van der Waals surface area contributed by atoms with Crippen molar-refractivity contribution >= 4 is 7.25 Å². The van der Waals surface area contributed by atoms with Crippen LogP contribution in [0.3, 0.4) is 0 Å². The van der Waals surface area contributed by atoms with Crippen molar-refractivity contribution in [3.8, 4) is 33.6 Å². The highest BCUT2D eigenvalue weighted by Crippen LogP contribution is 2.39. The van der Waals surface area contributed by atoms with Crippen molar-refractivity contribution in [2.24, 2.45) is 0 Å². The molecular formula is C29H28BF4N. The summed E-state index contributed by atoms with van der Waals surface area (Å²) in [5.74, 6) is 0. The number of benzene rings is 3. The van der Waals surface area contributed by atoms with Crippen LogP contribution in [0.1, 0.15) is 30.9 Å². The Morgan fingerprint density at radius 2 is 1.29 bits per heavy atom. The Morgan fingerprint density at radius 1 is 0.714 bits per heavy atom. The third kappa shape index (κ3) is 6.00. The van der Waals surface area contributed by atoms with Crippen LogP contribution in [-0.2, 0) is 19.4 Å². The SMILES string of the molecule is CCCC[n+]1c(-c2ccccc2)cc(-c2ccccc2)c2c1-c1ccccc1CC2.F[B-](F)(F)F. The van der Waals surface area contributed by atoms with Gasteiger partial charge in [0.25, 0.3) is 0 Å². The Balaban J connectivity index is 0.000000527. The maximum atomic E-state index is 9.75. The van der Waals surface area contributed by atoms with Crippen LogP contribution in [0, 0.1) is 0 Å². The van der Waals surface area contributed by atoms with Crippen LogP contribution < -0.4 is 4.57 Å². The first-order chi connectivity index (χ1) is 16.9. The van der Waals surface area contributed by atoms with Crippen molar-refractivity contribution in [3.63, 3.8) is 0 Å². The molecule has 5 rings (SSSR count). The summed E-state index contributed by atoms with van der Waals surface area (Å²) in [5.41, 5.74) is 11.1. The number of unbranched alkanes of at least 4 members (excludes halogenated alkanes) is 1. The van der Waals surface area contributed by atoms with Gasteiger partial charge in [-0.1, -0.05) is 80.1 Å². The molecule has 0 fully saturated rings. The lowest BCUT2D eigenvalue weighted by Gasteiger charge is -2.23. The summed E-state index contributed by atoms with van der Waals surface area (Å²) in [6.07, 6.45) is 4.58. The Morgan fingerprint density at radius 3 is 1.91 bits per heavy atom. The van der Waals surface area contributed by atoms with Crippen molar-refractivity contribution in [3.05, 3.63) is 102 Å². The number of hydrogen-bond donors (Lipinski definition) is 0. The molecule has 6 heteroatoms. The summed E-state index contributed by atoms with van der Waals surface area (Å²) in [4.78, 5) is 0. The van der Waals surface area contributed by atoms with Crippen LogP contribution in [0.15, 0.2) is 91.0 Å². The lowest BCUT2D eigenvalue weighted by atomic mass is 9.83. The normalized spacial score (nSPS) is 12.3. The Hall–Kier alpha value is -3.41. The summed E-state index contributed by atoms with van der Waals surface area (Å²) in [6.45, 7) is 3.33. The van der Waals surface area contributed by atoms with Gasteiger partial charge in [-0.3, -0.25) is 0 Å². The molecule has 0 amide bonds. The minimum atomic E-state index is -6.00. The number of hydrogen-bond acceptors (Lipinski definition) is 0. The maximum absolute atomic E-state index is 9.75. The molecule has 0 saturated carbocycles. The second-order valence-electron chi connectivity index (χ2n) is 8.66. The number of nitrogens with zero attached hydrogens (tertiary/aromatic N) is 1. The largest absolute Gasteiger partial charge is 0.673 e. The van der Waals surface area contributed by atoms with E-state index in [0.717, 1.165) is 19.4 Å². The van der Waals surface area contributed by atoms with Gasteiger partial charge in [-0.05, 0) is 47.7 Å². The fourth-order valence-corrected chi connectivity index (χ4v) is 4.77. The van der Waals surface area contributed by atoms with E-state index in [1.165, 1.54) is 57.6 Å². The highest BCUT2D eigenvalue weighted by atomic mass is 19.5. The zero-order valence-corrected chi connectivity index (χ0v) is 19.7. The van der Waals surface area contributed by atoms with Crippen LogP contribution in [0.2, 0.25) is 0 Å². The average molecular weight is 477 g/mol. The van der Waals surface area contributed by atoms with Gasteiger partial charge in [0.15, 0.2) is 0 Å². The molecule has 0 saturated heterocycles. The zero-order valence-electron chi connectivity index (χ0n) is 19.7. The number of fused-ring (bicyclic) bond motifs is 3. The number of rotatable bonds is 5. The molecule has 1 aromatic heterocycles. The summed E-state index contributed by atoms with van der Waals surface area (Å²) in [5, 5.41) is 0. The molecule has 35 heavy (non-hydrogen) atoms.